The number of halogens is 2. The van der Waals surface area contributed by atoms with E-state index < -0.39 is 29.0 Å². The van der Waals surface area contributed by atoms with Gasteiger partial charge in [-0.05, 0) is 19.9 Å². The van der Waals surface area contributed by atoms with Crippen molar-refractivity contribution in [2.45, 2.75) is 13.8 Å². The highest BCUT2D eigenvalue weighted by Gasteiger charge is 2.20. The number of nitrogens with one attached hydrogen (secondary N) is 3. The Morgan fingerprint density at radius 1 is 0.938 bits per heavy atom. The molecule has 0 atom stereocenters. The lowest BCUT2D eigenvalue weighted by Gasteiger charge is -2.14. The molecule has 0 aliphatic heterocycles. The molecule has 0 bridgehead atoms. The van der Waals surface area contributed by atoms with Gasteiger partial charge in [-0.3, -0.25) is 9.59 Å². The van der Waals surface area contributed by atoms with Gasteiger partial charge in [-0.2, -0.15) is 0 Å². The molecule has 0 radical (unpaired) electrons. The van der Waals surface area contributed by atoms with Crippen LogP contribution >= 0.6 is 0 Å². The summed E-state index contributed by atoms with van der Waals surface area (Å²) in [5.41, 5.74) is 0.365. The predicted octanol–water partition coefficient (Wildman–Crippen LogP) is 3.13. The van der Waals surface area contributed by atoms with Crippen LogP contribution in [-0.4, -0.2) is 40.9 Å². The molecule has 9 nitrogen and oxygen atoms in total. The third-order valence-electron chi connectivity index (χ3n) is 4.33. The maximum Gasteiger partial charge on any atom is 0.258 e. The van der Waals surface area contributed by atoms with Gasteiger partial charge >= 0.3 is 0 Å². The molecule has 0 spiro atoms. The molecule has 32 heavy (non-hydrogen) atoms. The van der Waals surface area contributed by atoms with Crippen molar-refractivity contribution in [3.05, 3.63) is 64.7 Å². The van der Waals surface area contributed by atoms with Crippen LogP contribution in [0.3, 0.4) is 0 Å². The molecule has 11 heteroatoms. The van der Waals surface area contributed by atoms with Crippen LogP contribution in [0.25, 0.3) is 0 Å². The number of aryl methyl sites for hydroxylation is 2. The Labute approximate surface area is 182 Å². The van der Waals surface area contributed by atoms with E-state index in [1.165, 1.54) is 26.4 Å². The fourth-order valence-electron chi connectivity index (χ4n) is 2.90. The van der Waals surface area contributed by atoms with Gasteiger partial charge in [0.1, 0.15) is 23.3 Å². The summed E-state index contributed by atoms with van der Waals surface area (Å²) >= 11 is 0. The number of ether oxygens (including phenoxy) is 1. The number of aromatic nitrogens is 3. The van der Waals surface area contributed by atoms with Crippen LogP contribution in [-0.2, 0) is 0 Å². The summed E-state index contributed by atoms with van der Waals surface area (Å²) in [6, 6.07) is 4.58. The van der Waals surface area contributed by atoms with Gasteiger partial charge < -0.3 is 20.7 Å². The Bertz CT molecular complexity index is 1180. The van der Waals surface area contributed by atoms with Gasteiger partial charge in [0.2, 0.25) is 0 Å². The van der Waals surface area contributed by atoms with Crippen LogP contribution in [0.2, 0.25) is 0 Å². The Morgan fingerprint density at radius 3 is 2.34 bits per heavy atom. The van der Waals surface area contributed by atoms with E-state index in [2.05, 4.69) is 30.9 Å². The van der Waals surface area contributed by atoms with E-state index >= 15 is 0 Å². The van der Waals surface area contributed by atoms with Gasteiger partial charge in [0.25, 0.3) is 11.8 Å². The number of nitrogens with zero attached hydrogens (tertiary/aromatic N) is 3. The number of methoxy groups -OCH3 is 1. The number of carbonyl (C=O) groups is 2. The molecule has 0 fully saturated rings. The molecule has 2 aromatic heterocycles. The topological polar surface area (TPSA) is 118 Å². The molecule has 166 valence electrons. The maximum atomic E-state index is 14.2. The van der Waals surface area contributed by atoms with Crippen LogP contribution in [0.5, 0.6) is 5.75 Å². The van der Waals surface area contributed by atoms with Gasteiger partial charge in [0.05, 0.1) is 23.9 Å². The van der Waals surface area contributed by atoms with Crippen LogP contribution in [0.1, 0.15) is 32.2 Å². The summed E-state index contributed by atoms with van der Waals surface area (Å²) in [7, 11) is 2.61. The van der Waals surface area contributed by atoms with Crippen LogP contribution < -0.4 is 20.7 Å². The molecule has 2 amide bonds. The maximum absolute atomic E-state index is 14.2. The molecular formula is C21H20F2N6O3. The summed E-state index contributed by atoms with van der Waals surface area (Å²) in [6.07, 6.45) is 1.25. The van der Waals surface area contributed by atoms with Crippen molar-refractivity contribution in [1.82, 2.24) is 20.3 Å². The summed E-state index contributed by atoms with van der Waals surface area (Å²) in [6.45, 7) is 3.54. The molecule has 2 heterocycles. The largest absolute Gasteiger partial charge is 0.494 e. The smallest absolute Gasteiger partial charge is 0.258 e. The van der Waals surface area contributed by atoms with E-state index in [0.29, 0.717) is 17.7 Å². The fourth-order valence-corrected chi connectivity index (χ4v) is 2.90. The number of carbonyl (C=O) groups excluding carboxylic acids is 2. The normalized spacial score (nSPS) is 10.4. The Kier molecular flexibility index (Phi) is 6.57. The fraction of sp³-hybridized carbons (Fsp3) is 0.190. The molecule has 0 saturated carbocycles. The van der Waals surface area contributed by atoms with Gasteiger partial charge in [-0.1, -0.05) is 0 Å². The molecular weight excluding hydrogens is 422 g/mol. The van der Waals surface area contributed by atoms with Crippen LogP contribution in [0, 0.1) is 25.5 Å². The summed E-state index contributed by atoms with van der Waals surface area (Å²) < 4.78 is 32.7. The van der Waals surface area contributed by atoms with E-state index in [4.69, 9.17) is 4.74 Å². The van der Waals surface area contributed by atoms with Crippen molar-refractivity contribution in [1.29, 1.82) is 0 Å². The SMILES string of the molecule is CNC(=O)c1cnc(Nc2cc(C)nc(C)n2)cc1NC(=O)c1cc(OC)c(F)cc1F. The zero-order valence-electron chi connectivity index (χ0n) is 17.7. The van der Waals surface area contributed by atoms with Gasteiger partial charge in [0, 0.05) is 37.1 Å². The molecule has 3 aromatic rings. The van der Waals surface area contributed by atoms with Crippen LogP contribution in [0.4, 0.5) is 26.1 Å². The van der Waals surface area contributed by atoms with E-state index in [9.17, 15) is 18.4 Å². The average Bonchev–Trinajstić information content (AvgIpc) is 2.72. The summed E-state index contributed by atoms with van der Waals surface area (Å²) in [5.74, 6) is -2.48. The lowest BCUT2D eigenvalue weighted by molar-refractivity contribution is 0.0963. The first-order chi connectivity index (χ1) is 15.2. The summed E-state index contributed by atoms with van der Waals surface area (Å²) in [4.78, 5) is 37.6. The minimum atomic E-state index is -1.08. The lowest BCUT2D eigenvalue weighted by Crippen LogP contribution is -2.22. The number of hydrogen-bond donors (Lipinski definition) is 3. The highest BCUT2D eigenvalue weighted by molar-refractivity contribution is 6.09. The van der Waals surface area contributed by atoms with Crippen molar-refractivity contribution < 1.29 is 23.1 Å². The number of pyridine rings is 1. The second kappa shape index (κ2) is 9.33. The molecule has 1 aromatic carbocycles. The highest BCUT2D eigenvalue weighted by atomic mass is 19.1. The summed E-state index contributed by atoms with van der Waals surface area (Å²) in [5, 5.41) is 7.88. The third kappa shape index (κ3) is 4.94. The van der Waals surface area contributed by atoms with E-state index in [-0.39, 0.29) is 22.8 Å². The third-order valence-corrected chi connectivity index (χ3v) is 4.33. The van der Waals surface area contributed by atoms with Crippen molar-refractivity contribution in [3.63, 3.8) is 0 Å². The first-order valence-corrected chi connectivity index (χ1v) is 9.37. The number of rotatable bonds is 6. The van der Waals surface area contributed by atoms with Crippen molar-refractivity contribution in [2.75, 3.05) is 24.8 Å². The molecule has 0 saturated heterocycles. The average molecular weight is 442 g/mol. The second-order valence-electron chi connectivity index (χ2n) is 6.68. The molecule has 0 aliphatic carbocycles. The first kappa shape index (κ1) is 22.5. The zero-order valence-corrected chi connectivity index (χ0v) is 17.7. The second-order valence-corrected chi connectivity index (χ2v) is 6.68. The Balaban J connectivity index is 1.97. The molecule has 3 N–H and O–H groups in total. The highest BCUT2D eigenvalue weighted by Crippen LogP contribution is 2.25. The van der Waals surface area contributed by atoms with Crippen molar-refractivity contribution >= 4 is 29.1 Å². The molecule has 0 aliphatic rings. The quantitative estimate of drug-likeness (QED) is 0.537. The van der Waals surface area contributed by atoms with E-state index in [1.54, 1.807) is 19.9 Å². The van der Waals surface area contributed by atoms with Gasteiger partial charge in [0.15, 0.2) is 11.6 Å². The zero-order chi connectivity index (χ0) is 23.4. The number of anilines is 3. The Morgan fingerprint density at radius 2 is 1.69 bits per heavy atom. The number of hydrogen-bond acceptors (Lipinski definition) is 7. The first-order valence-electron chi connectivity index (χ1n) is 9.37. The number of benzene rings is 1. The van der Waals surface area contributed by atoms with E-state index in [1.807, 2.05) is 0 Å². The minimum absolute atomic E-state index is 0.0379. The number of amides is 2. The standard InChI is InChI=1S/C21H20F2N6O3/c1-10-5-19(27-11(2)26-10)29-18-8-16(13(9-25-18)20(30)24-3)28-21(31)12-6-17(32-4)15(23)7-14(12)22/h5-9H,1-4H3,(H,24,30)(H2,25,26,27,28,29,31). The van der Waals surface area contributed by atoms with Crippen LogP contribution in [0.15, 0.2) is 30.5 Å². The monoisotopic (exact) mass is 442 g/mol. The van der Waals surface area contributed by atoms with Gasteiger partial charge in [-0.25, -0.2) is 23.7 Å². The minimum Gasteiger partial charge on any atom is -0.494 e. The van der Waals surface area contributed by atoms with E-state index in [0.717, 1.165) is 11.8 Å². The lowest BCUT2D eigenvalue weighted by atomic mass is 10.1. The van der Waals surface area contributed by atoms with Gasteiger partial charge in [-0.15, -0.1) is 0 Å². The molecule has 0 unspecified atom stereocenters. The van der Waals surface area contributed by atoms with Crippen molar-refractivity contribution in [3.8, 4) is 5.75 Å². The molecule has 3 rings (SSSR count). The Hall–Kier alpha value is -4.15. The van der Waals surface area contributed by atoms with Crippen molar-refractivity contribution in [2.24, 2.45) is 0 Å². The predicted molar refractivity (Wildman–Crippen MR) is 113 cm³/mol.